The van der Waals surface area contributed by atoms with Gasteiger partial charge in [-0.25, -0.2) is 4.57 Å². The lowest BCUT2D eigenvalue weighted by Crippen LogP contribution is -2.34. The van der Waals surface area contributed by atoms with Crippen LogP contribution in [0.5, 0.6) is 0 Å². The number of aliphatic carboxylic acids is 1. The number of phosphoric acid groups is 1. The fourth-order valence-corrected chi connectivity index (χ4v) is 5.86. The summed E-state index contributed by atoms with van der Waals surface area (Å²) in [5.74, 6) is -2.51. The van der Waals surface area contributed by atoms with Crippen LogP contribution < -0.4 is 5.73 Å². The normalized spacial score (nSPS) is 14.7. The fraction of sp³-hybridized carbons (Fsp3) is 0.562. The van der Waals surface area contributed by atoms with E-state index in [0.717, 1.165) is 77.0 Å². The number of carboxylic acids is 1. The number of ether oxygens (including phenoxy) is 2. The molecule has 0 amide bonds. The van der Waals surface area contributed by atoms with E-state index in [0.29, 0.717) is 19.3 Å². The van der Waals surface area contributed by atoms with E-state index in [1.807, 2.05) is 12.2 Å². The first-order valence-electron chi connectivity index (χ1n) is 21.9. The third-order valence-corrected chi connectivity index (χ3v) is 9.46. The standard InChI is InChI=1S/C48H76NO10P/c1-3-5-7-9-11-13-15-17-19-21-22-24-26-28-30-32-34-36-38-40-47(51)59-44(42-57-60(54,55)58-43-45(49)48(52)53)41-56-46(50)39-37-35-33-31-29-27-25-23-20-18-16-14-12-10-8-6-4-2/h5,7,11-14,17-20,22,24-25,27-28,30-31,33,44-45H,3-4,6,8-10,15-16,21,23,26,29,32,34-43,49H2,1-2H3,(H,52,53)(H,54,55)/b7-5-,13-11-,14-12-,19-17-,20-18-,24-22-,27-25-,30-28-,33-31-/t44-,45+/m1/s1. The Morgan fingerprint density at radius 1 is 0.533 bits per heavy atom. The van der Waals surface area contributed by atoms with Crippen molar-refractivity contribution in [2.45, 2.75) is 154 Å². The van der Waals surface area contributed by atoms with Crippen LogP contribution in [0.3, 0.4) is 0 Å². The molecule has 0 aromatic carbocycles. The molecule has 0 aliphatic rings. The molecule has 0 rings (SSSR count). The van der Waals surface area contributed by atoms with Crippen LogP contribution in [0.2, 0.25) is 0 Å². The molecule has 0 aromatic heterocycles. The largest absolute Gasteiger partial charge is 0.480 e. The minimum absolute atomic E-state index is 0.103. The van der Waals surface area contributed by atoms with Gasteiger partial charge >= 0.3 is 25.7 Å². The Labute approximate surface area is 361 Å². The predicted molar refractivity (Wildman–Crippen MR) is 244 cm³/mol. The summed E-state index contributed by atoms with van der Waals surface area (Å²) >= 11 is 0. The van der Waals surface area contributed by atoms with Crippen molar-refractivity contribution < 1.29 is 47.5 Å². The number of rotatable bonds is 39. The molecule has 0 spiro atoms. The van der Waals surface area contributed by atoms with Crippen LogP contribution in [0, 0.1) is 0 Å². The second-order valence-electron chi connectivity index (χ2n) is 14.1. The summed E-state index contributed by atoms with van der Waals surface area (Å²) in [5.41, 5.74) is 5.33. The Bertz CT molecular complexity index is 1430. The van der Waals surface area contributed by atoms with Gasteiger partial charge in [-0.1, -0.05) is 142 Å². The number of hydrogen-bond donors (Lipinski definition) is 3. The van der Waals surface area contributed by atoms with Gasteiger partial charge in [-0.3, -0.25) is 23.4 Å². The van der Waals surface area contributed by atoms with Crippen molar-refractivity contribution in [1.29, 1.82) is 0 Å². The Kier molecular flexibility index (Phi) is 39.2. The lowest BCUT2D eigenvalue weighted by atomic mass is 10.1. The van der Waals surface area contributed by atoms with Crippen LogP contribution in [-0.4, -0.2) is 59.9 Å². The van der Waals surface area contributed by atoms with Gasteiger partial charge in [-0.2, -0.15) is 0 Å². The van der Waals surface area contributed by atoms with Gasteiger partial charge in [-0.05, 0) is 96.3 Å². The molecule has 11 nitrogen and oxygen atoms in total. The monoisotopic (exact) mass is 858 g/mol. The van der Waals surface area contributed by atoms with Crippen molar-refractivity contribution >= 4 is 25.7 Å². The summed E-state index contributed by atoms with van der Waals surface area (Å²) < 4.78 is 32.6. The van der Waals surface area contributed by atoms with Crippen molar-refractivity contribution in [1.82, 2.24) is 0 Å². The quantitative estimate of drug-likeness (QED) is 0.0232. The molecule has 4 N–H and O–H groups in total. The smallest absolute Gasteiger partial charge is 0.472 e. The van der Waals surface area contributed by atoms with E-state index in [9.17, 15) is 23.8 Å². The van der Waals surface area contributed by atoms with Gasteiger partial charge in [0.1, 0.15) is 12.6 Å². The molecule has 0 saturated carbocycles. The van der Waals surface area contributed by atoms with Crippen LogP contribution in [0.4, 0.5) is 0 Å². The number of esters is 2. The third-order valence-electron chi connectivity index (χ3n) is 8.50. The molecule has 3 atom stereocenters. The topological polar surface area (TPSA) is 172 Å². The first-order chi connectivity index (χ1) is 29.1. The molecule has 0 aromatic rings. The minimum Gasteiger partial charge on any atom is -0.480 e. The van der Waals surface area contributed by atoms with Crippen LogP contribution in [0.25, 0.3) is 0 Å². The molecule has 0 heterocycles. The highest BCUT2D eigenvalue weighted by Gasteiger charge is 2.28. The molecule has 60 heavy (non-hydrogen) atoms. The Morgan fingerprint density at radius 2 is 0.950 bits per heavy atom. The maximum Gasteiger partial charge on any atom is 0.472 e. The number of carbonyl (C=O) groups is 3. The Hall–Kier alpha value is -3.86. The van der Waals surface area contributed by atoms with Crippen LogP contribution in [0.15, 0.2) is 109 Å². The van der Waals surface area contributed by atoms with Gasteiger partial charge in [-0.15, -0.1) is 0 Å². The van der Waals surface area contributed by atoms with Crippen molar-refractivity contribution in [2.75, 3.05) is 19.8 Å². The lowest BCUT2D eigenvalue weighted by molar-refractivity contribution is -0.161. The highest BCUT2D eigenvalue weighted by Crippen LogP contribution is 2.43. The van der Waals surface area contributed by atoms with E-state index in [-0.39, 0.29) is 12.8 Å². The molecule has 1 unspecified atom stereocenters. The van der Waals surface area contributed by atoms with E-state index in [2.05, 4.69) is 116 Å². The van der Waals surface area contributed by atoms with Crippen molar-refractivity contribution in [3.8, 4) is 0 Å². The maximum atomic E-state index is 12.6. The molecule has 0 saturated heterocycles. The van der Waals surface area contributed by atoms with E-state index in [4.69, 9.17) is 24.8 Å². The van der Waals surface area contributed by atoms with Gasteiger partial charge < -0.3 is 25.2 Å². The molecule has 0 aliphatic heterocycles. The van der Waals surface area contributed by atoms with Gasteiger partial charge in [0.2, 0.25) is 0 Å². The van der Waals surface area contributed by atoms with E-state index >= 15 is 0 Å². The summed E-state index contributed by atoms with van der Waals surface area (Å²) in [5, 5.41) is 8.89. The van der Waals surface area contributed by atoms with Crippen molar-refractivity contribution in [2.24, 2.45) is 5.73 Å². The molecule has 0 fully saturated rings. The highest BCUT2D eigenvalue weighted by molar-refractivity contribution is 7.47. The summed E-state index contributed by atoms with van der Waals surface area (Å²) in [6.45, 7) is 2.55. The Morgan fingerprint density at radius 3 is 1.42 bits per heavy atom. The first-order valence-corrected chi connectivity index (χ1v) is 23.4. The number of allylic oxidation sites excluding steroid dienone is 18. The molecule has 0 bridgehead atoms. The van der Waals surface area contributed by atoms with E-state index in [1.165, 1.54) is 19.3 Å². The van der Waals surface area contributed by atoms with E-state index in [1.54, 1.807) is 0 Å². The average Bonchev–Trinajstić information content (AvgIpc) is 3.22. The summed E-state index contributed by atoms with van der Waals surface area (Å²) in [4.78, 5) is 46.0. The molecule has 12 heteroatoms. The predicted octanol–water partition coefficient (Wildman–Crippen LogP) is 11.8. The molecule has 0 aliphatic carbocycles. The van der Waals surface area contributed by atoms with Crippen molar-refractivity contribution in [3.63, 3.8) is 0 Å². The van der Waals surface area contributed by atoms with Gasteiger partial charge in [0.05, 0.1) is 13.2 Å². The van der Waals surface area contributed by atoms with E-state index < -0.39 is 57.7 Å². The lowest BCUT2D eigenvalue weighted by Gasteiger charge is -2.20. The first kappa shape index (κ1) is 56.1. The summed E-state index contributed by atoms with van der Waals surface area (Å²) in [6, 6.07) is -1.54. The van der Waals surface area contributed by atoms with Crippen molar-refractivity contribution in [3.05, 3.63) is 109 Å². The molecule has 338 valence electrons. The van der Waals surface area contributed by atoms with Crippen LogP contribution in [0.1, 0.15) is 142 Å². The van der Waals surface area contributed by atoms with Gasteiger partial charge in [0.25, 0.3) is 0 Å². The second kappa shape index (κ2) is 41.9. The fourth-order valence-electron chi connectivity index (χ4n) is 5.08. The second-order valence-corrected chi connectivity index (χ2v) is 15.5. The molecule has 0 radical (unpaired) electrons. The van der Waals surface area contributed by atoms with Crippen LogP contribution in [-0.2, 0) is 37.5 Å². The van der Waals surface area contributed by atoms with Gasteiger partial charge in [0, 0.05) is 12.8 Å². The average molecular weight is 858 g/mol. The SMILES string of the molecule is CC/C=C\C/C=C\C/C=C\C/C=C\C/C=C\CCCCCC(=O)O[C@H](COC(=O)CCC/C=C\C/C=C\C/C=C\C/C=C\CCCCC)COP(=O)(O)OC[C@H](N)C(=O)O. The Balaban J connectivity index is 4.55. The minimum atomic E-state index is -4.75. The number of nitrogens with two attached hydrogens (primary N) is 1. The maximum absolute atomic E-state index is 12.6. The molecular weight excluding hydrogens is 781 g/mol. The summed E-state index contributed by atoms with van der Waals surface area (Å²) in [7, 11) is -4.75. The number of phosphoric ester groups is 1. The number of unbranched alkanes of at least 4 members (excludes halogenated alkanes) is 7. The van der Waals surface area contributed by atoms with Gasteiger partial charge in [0.15, 0.2) is 6.10 Å². The zero-order valence-corrected chi connectivity index (χ0v) is 37.4. The van der Waals surface area contributed by atoms with Crippen LogP contribution >= 0.6 is 7.82 Å². The zero-order valence-electron chi connectivity index (χ0n) is 36.5. The number of hydrogen-bond acceptors (Lipinski definition) is 9. The highest BCUT2D eigenvalue weighted by atomic mass is 31.2. The zero-order chi connectivity index (χ0) is 44.2. The third kappa shape index (κ3) is 40.9. The molecular formula is C48H76NO10P. The number of carbonyl (C=O) groups excluding carboxylic acids is 2. The summed E-state index contributed by atoms with van der Waals surface area (Å²) in [6.07, 6.45) is 54.4. The number of carboxylic acid groups (broad SMARTS) is 1.